The molecule has 2 heteroatoms. The van der Waals surface area contributed by atoms with Crippen molar-refractivity contribution in [2.24, 2.45) is 0 Å². The predicted molar refractivity (Wildman–Crippen MR) is 73.2 cm³/mol. The molecule has 0 aliphatic heterocycles. The van der Waals surface area contributed by atoms with Gasteiger partial charge in [-0.15, -0.1) is 0 Å². The highest BCUT2D eigenvalue weighted by Crippen LogP contribution is 2.11. The Morgan fingerprint density at radius 3 is 2.18 bits per heavy atom. The third-order valence-electron chi connectivity index (χ3n) is 2.10. The van der Waals surface area contributed by atoms with E-state index in [4.69, 9.17) is 10.5 Å². The van der Waals surface area contributed by atoms with E-state index in [1.807, 2.05) is 55.5 Å². The van der Waals surface area contributed by atoms with Gasteiger partial charge < -0.3 is 10.5 Å². The SMILES string of the molecule is CCOc1cccc(C)c1.Nc1ccccc1. The van der Waals surface area contributed by atoms with E-state index in [1.165, 1.54) is 5.56 Å². The Labute approximate surface area is 103 Å². The molecule has 0 aliphatic carbocycles. The van der Waals surface area contributed by atoms with Gasteiger partial charge in [-0.25, -0.2) is 0 Å². The standard InChI is InChI=1S/C9H12O.C6H7N/c1-3-10-9-6-4-5-8(2)7-9;7-6-4-2-1-3-5-6/h4-7H,3H2,1-2H3;1-5H,7H2. The van der Waals surface area contributed by atoms with Crippen LogP contribution in [0.1, 0.15) is 12.5 Å². The van der Waals surface area contributed by atoms with Crippen molar-refractivity contribution in [1.82, 2.24) is 0 Å². The van der Waals surface area contributed by atoms with Crippen LogP contribution in [0.3, 0.4) is 0 Å². The molecule has 90 valence electrons. The van der Waals surface area contributed by atoms with Crippen LogP contribution in [0.15, 0.2) is 54.6 Å². The molecule has 0 spiro atoms. The average molecular weight is 229 g/mol. The van der Waals surface area contributed by atoms with E-state index < -0.39 is 0 Å². The first-order valence-corrected chi connectivity index (χ1v) is 5.72. The van der Waals surface area contributed by atoms with Gasteiger partial charge in [0.1, 0.15) is 5.75 Å². The molecule has 0 amide bonds. The maximum atomic E-state index is 5.36. The summed E-state index contributed by atoms with van der Waals surface area (Å²) in [5, 5.41) is 0. The van der Waals surface area contributed by atoms with Crippen molar-refractivity contribution in [2.75, 3.05) is 12.3 Å². The lowest BCUT2D eigenvalue weighted by Gasteiger charge is -2.01. The Balaban J connectivity index is 0.000000181. The van der Waals surface area contributed by atoms with Crippen molar-refractivity contribution in [1.29, 1.82) is 0 Å². The first-order chi connectivity index (χ1) is 8.22. The van der Waals surface area contributed by atoms with E-state index in [9.17, 15) is 0 Å². The minimum atomic E-state index is 0.740. The molecule has 2 N–H and O–H groups in total. The van der Waals surface area contributed by atoms with Gasteiger partial charge in [0.15, 0.2) is 0 Å². The van der Waals surface area contributed by atoms with Crippen LogP contribution in [0.2, 0.25) is 0 Å². The molecule has 0 saturated heterocycles. The van der Waals surface area contributed by atoms with Crippen molar-refractivity contribution < 1.29 is 4.74 Å². The number of para-hydroxylation sites is 1. The molecule has 2 rings (SSSR count). The van der Waals surface area contributed by atoms with Gasteiger partial charge in [0.25, 0.3) is 0 Å². The zero-order chi connectivity index (χ0) is 12.5. The highest BCUT2D eigenvalue weighted by atomic mass is 16.5. The summed E-state index contributed by atoms with van der Waals surface area (Å²) >= 11 is 0. The minimum absolute atomic E-state index is 0.740. The van der Waals surface area contributed by atoms with E-state index in [2.05, 4.69) is 13.0 Å². The second-order valence-electron chi connectivity index (χ2n) is 3.66. The van der Waals surface area contributed by atoms with Crippen molar-refractivity contribution in [3.63, 3.8) is 0 Å². The van der Waals surface area contributed by atoms with Crippen LogP contribution in [0.4, 0.5) is 5.69 Å². The molecular formula is C15H19NO. The van der Waals surface area contributed by atoms with Crippen LogP contribution in [-0.2, 0) is 0 Å². The first kappa shape index (κ1) is 13.1. The molecule has 2 aromatic carbocycles. The zero-order valence-corrected chi connectivity index (χ0v) is 10.4. The number of ether oxygens (including phenoxy) is 1. The number of nitrogen functional groups attached to an aromatic ring is 1. The average Bonchev–Trinajstić information content (AvgIpc) is 2.31. The summed E-state index contributed by atoms with van der Waals surface area (Å²) in [5.41, 5.74) is 7.42. The summed E-state index contributed by atoms with van der Waals surface area (Å²) in [6, 6.07) is 17.5. The molecule has 0 bridgehead atoms. The molecule has 2 nitrogen and oxygen atoms in total. The van der Waals surface area contributed by atoms with Gasteiger partial charge in [0.05, 0.1) is 6.61 Å². The lowest BCUT2D eigenvalue weighted by molar-refractivity contribution is 0.340. The number of hydrogen-bond acceptors (Lipinski definition) is 2. The Kier molecular flexibility index (Phi) is 5.66. The molecule has 0 heterocycles. The van der Waals surface area contributed by atoms with E-state index in [-0.39, 0.29) is 0 Å². The van der Waals surface area contributed by atoms with Crippen LogP contribution < -0.4 is 10.5 Å². The van der Waals surface area contributed by atoms with Gasteiger partial charge in [0.2, 0.25) is 0 Å². The summed E-state index contributed by atoms with van der Waals surface area (Å²) in [6.07, 6.45) is 0. The topological polar surface area (TPSA) is 35.2 Å². The molecule has 0 fully saturated rings. The second-order valence-corrected chi connectivity index (χ2v) is 3.66. The number of aryl methyl sites for hydroxylation is 1. The quantitative estimate of drug-likeness (QED) is 0.797. The van der Waals surface area contributed by atoms with Gasteiger partial charge in [-0.3, -0.25) is 0 Å². The van der Waals surface area contributed by atoms with Crippen molar-refractivity contribution in [2.45, 2.75) is 13.8 Å². The third kappa shape index (κ3) is 5.61. The van der Waals surface area contributed by atoms with Crippen molar-refractivity contribution in [3.8, 4) is 5.75 Å². The normalized spacial score (nSPS) is 9.06. The van der Waals surface area contributed by atoms with Crippen LogP contribution in [-0.4, -0.2) is 6.61 Å². The summed E-state index contributed by atoms with van der Waals surface area (Å²) in [6.45, 7) is 4.79. The molecular weight excluding hydrogens is 210 g/mol. The van der Waals surface area contributed by atoms with Gasteiger partial charge in [-0.2, -0.15) is 0 Å². The van der Waals surface area contributed by atoms with Crippen LogP contribution >= 0.6 is 0 Å². The lowest BCUT2D eigenvalue weighted by Crippen LogP contribution is -1.90. The maximum Gasteiger partial charge on any atom is 0.119 e. The fraction of sp³-hybridized carbons (Fsp3) is 0.200. The molecule has 0 aromatic heterocycles. The Bertz CT molecular complexity index is 426. The highest BCUT2D eigenvalue weighted by Gasteiger charge is 1.89. The lowest BCUT2D eigenvalue weighted by atomic mass is 10.2. The van der Waals surface area contributed by atoms with Crippen LogP contribution in [0.5, 0.6) is 5.75 Å². The summed E-state index contributed by atoms with van der Waals surface area (Å²) in [4.78, 5) is 0. The summed E-state index contributed by atoms with van der Waals surface area (Å²) in [7, 11) is 0. The van der Waals surface area contributed by atoms with Gasteiger partial charge >= 0.3 is 0 Å². The van der Waals surface area contributed by atoms with Gasteiger partial charge in [-0.1, -0.05) is 30.3 Å². The number of anilines is 1. The Morgan fingerprint density at radius 1 is 1.00 bits per heavy atom. The summed E-state index contributed by atoms with van der Waals surface area (Å²) in [5.74, 6) is 0.961. The second kappa shape index (κ2) is 7.34. The Morgan fingerprint density at radius 2 is 1.71 bits per heavy atom. The van der Waals surface area contributed by atoms with Crippen molar-refractivity contribution >= 4 is 5.69 Å². The van der Waals surface area contributed by atoms with E-state index in [0.717, 1.165) is 18.0 Å². The Hall–Kier alpha value is -1.96. The van der Waals surface area contributed by atoms with E-state index in [0.29, 0.717) is 0 Å². The molecule has 2 aromatic rings. The fourth-order valence-electron chi connectivity index (χ4n) is 1.32. The smallest absolute Gasteiger partial charge is 0.119 e. The van der Waals surface area contributed by atoms with Gasteiger partial charge in [-0.05, 0) is 43.7 Å². The van der Waals surface area contributed by atoms with Crippen LogP contribution in [0, 0.1) is 6.92 Å². The maximum absolute atomic E-state index is 5.36. The number of benzene rings is 2. The predicted octanol–water partition coefficient (Wildman–Crippen LogP) is 3.66. The van der Waals surface area contributed by atoms with E-state index in [1.54, 1.807) is 0 Å². The largest absolute Gasteiger partial charge is 0.494 e. The zero-order valence-electron chi connectivity index (χ0n) is 10.4. The van der Waals surface area contributed by atoms with E-state index >= 15 is 0 Å². The minimum Gasteiger partial charge on any atom is -0.494 e. The molecule has 0 atom stereocenters. The molecule has 0 aliphatic rings. The number of rotatable bonds is 2. The van der Waals surface area contributed by atoms with Crippen LogP contribution in [0.25, 0.3) is 0 Å². The molecule has 17 heavy (non-hydrogen) atoms. The highest BCUT2D eigenvalue weighted by molar-refractivity contribution is 5.35. The molecule has 0 unspecified atom stereocenters. The van der Waals surface area contributed by atoms with Crippen molar-refractivity contribution in [3.05, 3.63) is 60.2 Å². The molecule has 0 saturated carbocycles. The number of nitrogens with two attached hydrogens (primary N) is 1. The first-order valence-electron chi connectivity index (χ1n) is 5.72. The monoisotopic (exact) mass is 229 g/mol. The van der Waals surface area contributed by atoms with Gasteiger partial charge in [0, 0.05) is 5.69 Å². The number of hydrogen-bond donors (Lipinski definition) is 1. The third-order valence-corrected chi connectivity index (χ3v) is 2.10. The fourth-order valence-corrected chi connectivity index (χ4v) is 1.32. The molecule has 0 radical (unpaired) electrons. The summed E-state index contributed by atoms with van der Waals surface area (Å²) < 4.78 is 5.29.